The second-order valence-electron chi connectivity index (χ2n) is 6.85. The predicted molar refractivity (Wildman–Crippen MR) is 108 cm³/mol. The number of aryl methyl sites for hydroxylation is 1. The highest BCUT2D eigenvalue weighted by atomic mass is 19.4. The number of carbonyl (C=O) groups is 2. The van der Waals surface area contributed by atoms with Crippen LogP contribution in [0, 0.1) is 13.8 Å². The number of amides is 2. The van der Waals surface area contributed by atoms with Crippen molar-refractivity contribution >= 4 is 17.5 Å². The Morgan fingerprint density at radius 1 is 1.10 bits per heavy atom. The van der Waals surface area contributed by atoms with Crippen LogP contribution in [-0.2, 0) is 22.2 Å². The Balaban J connectivity index is 1.67. The molecule has 0 aliphatic rings. The molecule has 0 fully saturated rings. The summed E-state index contributed by atoms with van der Waals surface area (Å²) < 4.78 is 40.4. The Morgan fingerprint density at radius 3 is 2.55 bits per heavy atom. The average Bonchev–Trinajstić information content (AvgIpc) is 3.01. The molecular formula is C21H20F3N5O2. The lowest BCUT2D eigenvalue weighted by atomic mass is 10.1. The lowest BCUT2D eigenvalue weighted by Crippen LogP contribution is -2.34. The zero-order valence-electron chi connectivity index (χ0n) is 16.8. The number of benzene rings is 1. The van der Waals surface area contributed by atoms with E-state index in [1.165, 1.54) is 23.0 Å². The van der Waals surface area contributed by atoms with E-state index in [0.29, 0.717) is 22.6 Å². The third kappa shape index (κ3) is 5.47. The van der Waals surface area contributed by atoms with Crippen molar-refractivity contribution in [3.63, 3.8) is 0 Å². The first-order valence-corrected chi connectivity index (χ1v) is 9.34. The number of pyridine rings is 1. The summed E-state index contributed by atoms with van der Waals surface area (Å²) in [5.74, 6) is -0.814. The van der Waals surface area contributed by atoms with E-state index in [1.807, 2.05) is 0 Å². The zero-order chi connectivity index (χ0) is 22.6. The highest BCUT2D eigenvalue weighted by Gasteiger charge is 2.30. The molecule has 3 rings (SSSR count). The molecule has 3 aromatic rings. The van der Waals surface area contributed by atoms with E-state index in [4.69, 9.17) is 0 Å². The van der Waals surface area contributed by atoms with E-state index >= 15 is 0 Å². The number of anilines is 1. The minimum atomic E-state index is -4.47. The molecule has 2 N–H and O–H groups in total. The topological polar surface area (TPSA) is 88.9 Å². The molecule has 162 valence electrons. The van der Waals surface area contributed by atoms with Crippen molar-refractivity contribution in [1.29, 1.82) is 0 Å². The lowest BCUT2D eigenvalue weighted by molar-refractivity contribution is -0.137. The SMILES string of the molecule is Cc1nn(-c2cccc(C(F)(F)F)c2)c(C)c1CC(=O)NCC(=O)Nc1cccnc1. The maximum atomic E-state index is 13.0. The number of halogens is 3. The molecule has 0 spiro atoms. The third-order valence-corrected chi connectivity index (χ3v) is 4.59. The first-order valence-electron chi connectivity index (χ1n) is 9.34. The van der Waals surface area contributed by atoms with Gasteiger partial charge >= 0.3 is 6.18 Å². The molecule has 0 radical (unpaired) electrons. The number of carbonyl (C=O) groups excluding carboxylic acids is 2. The van der Waals surface area contributed by atoms with Gasteiger partial charge in [0.05, 0.1) is 41.8 Å². The van der Waals surface area contributed by atoms with Gasteiger partial charge in [0.1, 0.15) is 0 Å². The van der Waals surface area contributed by atoms with Crippen LogP contribution in [0.3, 0.4) is 0 Å². The third-order valence-electron chi connectivity index (χ3n) is 4.59. The average molecular weight is 431 g/mol. The van der Waals surface area contributed by atoms with Crippen LogP contribution in [0.25, 0.3) is 5.69 Å². The van der Waals surface area contributed by atoms with Crippen LogP contribution >= 0.6 is 0 Å². The van der Waals surface area contributed by atoms with Crippen LogP contribution < -0.4 is 10.6 Å². The lowest BCUT2D eigenvalue weighted by Gasteiger charge is -2.10. The molecule has 0 aliphatic carbocycles. The first-order chi connectivity index (χ1) is 14.6. The number of alkyl halides is 3. The maximum absolute atomic E-state index is 13.0. The van der Waals surface area contributed by atoms with Crippen molar-refractivity contribution < 1.29 is 22.8 Å². The minimum Gasteiger partial charge on any atom is -0.347 e. The Bertz CT molecular complexity index is 1090. The van der Waals surface area contributed by atoms with Crippen molar-refractivity contribution in [3.05, 3.63) is 71.3 Å². The van der Waals surface area contributed by atoms with E-state index in [9.17, 15) is 22.8 Å². The van der Waals surface area contributed by atoms with E-state index in [0.717, 1.165) is 12.1 Å². The molecule has 0 saturated carbocycles. The van der Waals surface area contributed by atoms with Gasteiger partial charge in [-0.2, -0.15) is 18.3 Å². The molecule has 0 saturated heterocycles. The normalized spacial score (nSPS) is 11.3. The highest BCUT2D eigenvalue weighted by molar-refractivity contribution is 5.94. The van der Waals surface area contributed by atoms with E-state index in [-0.39, 0.29) is 18.7 Å². The molecule has 0 atom stereocenters. The van der Waals surface area contributed by atoms with Crippen molar-refractivity contribution in [3.8, 4) is 5.69 Å². The molecule has 2 amide bonds. The maximum Gasteiger partial charge on any atom is 0.416 e. The molecule has 2 aromatic heterocycles. The van der Waals surface area contributed by atoms with Gasteiger partial charge in [-0.15, -0.1) is 0 Å². The van der Waals surface area contributed by atoms with Crippen LogP contribution in [0.5, 0.6) is 0 Å². The molecule has 7 nitrogen and oxygen atoms in total. The summed E-state index contributed by atoms with van der Waals surface area (Å²) in [4.78, 5) is 28.1. The van der Waals surface area contributed by atoms with Gasteiger partial charge in [0.2, 0.25) is 11.8 Å². The van der Waals surface area contributed by atoms with Crippen LogP contribution in [-0.4, -0.2) is 33.1 Å². The molecule has 0 bridgehead atoms. The highest BCUT2D eigenvalue weighted by Crippen LogP contribution is 2.30. The Morgan fingerprint density at radius 2 is 1.87 bits per heavy atom. The Labute approximate surface area is 176 Å². The van der Waals surface area contributed by atoms with Crippen LogP contribution in [0.15, 0.2) is 48.8 Å². The smallest absolute Gasteiger partial charge is 0.347 e. The summed E-state index contributed by atoms with van der Waals surface area (Å²) >= 11 is 0. The number of nitrogens with zero attached hydrogens (tertiary/aromatic N) is 3. The quantitative estimate of drug-likeness (QED) is 0.627. The summed E-state index contributed by atoms with van der Waals surface area (Å²) in [6, 6.07) is 8.15. The van der Waals surface area contributed by atoms with E-state index < -0.39 is 23.6 Å². The Hall–Kier alpha value is -3.69. The van der Waals surface area contributed by atoms with Crippen LogP contribution in [0.1, 0.15) is 22.5 Å². The van der Waals surface area contributed by atoms with Crippen LogP contribution in [0.2, 0.25) is 0 Å². The molecule has 0 unspecified atom stereocenters. The molecule has 1 aromatic carbocycles. The van der Waals surface area contributed by atoms with E-state index in [1.54, 1.807) is 32.2 Å². The number of aromatic nitrogens is 3. The van der Waals surface area contributed by atoms with Crippen molar-refractivity contribution in [2.75, 3.05) is 11.9 Å². The second kappa shape index (κ2) is 8.99. The second-order valence-corrected chi connectivity index (χ2v) is 6.85. The van der Waals surface area contributed by atoms with Gasteiger partial charge in [-0.25, -0.2) is 4.68 Å². The van der Waals surface area contributed by atoms with Gasteiger partial charge in [0.25, 0.3) is 0 Å². The first kappa shape index (κ1) is 22.0. The summed E-state index contributed by atoms with van der Waals surface area (Å²) in [6.45, 7) is 3.13. The summed E-state index contributed by atoms with van der Waals surface area (Å²) in [6.07, 6.45) is -1.47. The van der Waals surface area contributed by atoms with Gasteiger partial charge in [0, 0.05) is 17.5 Å². The fourth-order valence-corrected chi connectivity index (χ4v) is 3.04. The van der Waals surface area contributed by atoms with E-state index in [2.05, 4.69) is 20.7 Å². The van der Waals surface area contributed by atoms with Crippen molar-refractivity contribution in [2.24, 2.45) is 0 Å². The van der Waals surface area contributed by atoms with Gasteiger partial charge in [-0.05, 0) is 44.2 Å². The van der Waals surface area contributed by atoms with Gasteiger partial charge in [-0.3, -0.25) is 14.6 Å². The molecule has 31 heavy (non-hydrogen) atoms. The van der Waals surface area contributed by atoms with Gasteiger partial charge in [0.15, 0.2) is 0 Å². The molecule has 10 heteroatoms. The predicted octanol–water partition coefficient (Wildman–Crippen LogP) is 3.20. The van der Waals surface area contributed by atoms with Gasteiger partial charge < -0.3 is 10.6 Å². The fraction of sp³-hybridized carbons (Fsp3) is 0.238. The summed E-state index contributed by atoms with van der Waals surface area (Å²) in [5.41, 5.74) is 1.63. The molecule has 0 aliphatic heterocycles. The molecule has 2 heterocycles. The number of hydrogen-bond acceptors (Lipinski definition) is 4. The number of hydrogen-bond donors (Lipinski definition) is 2. The summed E-state index contributed by atoms with van der Waals surface area (Å²) in [5, 5.41) is 9.42. The Kier molecular flexibility index (Phi) is 6.38. The monoisotopic (exact) mass is 431 g/mol. The summed E-state index contributed by atoms with van der Waals surface area (Å²) in [7, 11) is 0. The van der Waals surface area contributed by atoms with Crippen molar-refractivity contribution in [2.45, 2.75) is 26.4 Å². The molecular weight excluding hydrogens is 411 g/mol. The zero-order valence-corrected chi connectivity index (χ0v) is 16.8. The number of rotatable bonds is 6. The fourth-order valence-electron chi connectivity index (χ4n) is 3.04. The standard InChI is InChI=1S/C21H20F3N5O2/c1-13-18(10-19(30)26-12-20(31)27-16-6-4-8-25-11-16)14(2)29(28-13)17-7-3-5-15(9-17)21(22,23)24/h3-9,11H,10,12H2,1-2H3,(H,26,30)(H,27,31). The number of nitrogens with one attached hydrogen (secondary N) is 2. The van der Waals surface area contributed by atoms with Crippen molar-refractivity contribution in [1.82, 2.24) is 20.1 Å². The largest absolute Gasteiger partial charge is 0.416 e. The minimum absolute atomic E-state index is 0.0587. The van der Waals surface area contributed by atoms with Gasteiger partial charge in [-0.1, -0.05) is 6.07 Å². The van der Waals surface area contributed by atoms with Crippen LogP contribution in [0.4, 0.5) is 18.9 Å².